The minimum Gasteiger partial charge on any atom is -0.264 e. The number of pyridine rings is 1. The number of rotatable bonds is 3. The molecule has 112 valence electrons. The summed E-state index contributed by atoms with van der Waals surface area (Å²) in [5.74, 6) is 0. The first kappa shape index (κ1) is 15.1. The van der Waals surface area contributed by atoms with Crippen molar-refractivity contribution in [3.63, 3.8) is 0 Å². The standard InChI is InChI=1S/C19H15N3S/c1-13-5-6-17(14(2)8-13)18-12-23-19(22-18)16(10-20)9-15-4-3-7-21-11-15/h3-9,11-12H,1-2H3. The Morgan fingerprint density at radius 2 is 2.13 bits per heavy atom. The molecule has 3 rings (SSSR count). The van der Waals surface area contributed by atoms with Crippen molar-refractivity contribution in [2.45, 2.75) is 13.8 Å². The van der Waals surface area contributed by atoms with Crippen LogP contribution in [0.15, 0.2) is 48.1 Å². The van der Waals surface area contributed by atoms with E-state index in [0.29, 0.717) is 5.57 Å². The zero-order valence-electron chi connectivity index (χ0n) is 12.9. The van der Waals surface area contributed by atoms with Gasteiger partial charge in [-0.2, -0.15) is 5.26 Å². The number of hydrogen-bond acceptors (Lipinski definition) is 4. The van der Waals surface area contributed by atoms with Crippen LogP contribution < -0.4 is 0 Å². The smallest absolute Gasteiger partial charge is 0.134 e. The zero-order chi connectivity index (χ0) is 16.2. The third kappa shape index (κ3) is 3.36. The Morgan fingerprint density at radius 3 is 2.83 bits per heavy atom. The normalized spacial score (nSPS) is 11.3. The first-order valence-electron chi connectivity index (χ1n) is 7.23. The number of benzene rings is 1. The molecular weight excluding hydrogens is 302 g/mol. The molecule has 0 radical (unpaired) electrons. The summed E-state index contributed by atoms with van der Waals surface area (Å²) in [6, 6.07) is 12.3. The van der Waals surface area contributed by atoms with Crippen LogP contribution in [-0.2, 0) is 0 Å². The second-order valence-electron chi connectivity index (χ2n) is 5.31. The minimum absolute atomic E-state index is 0.555. The zero-order valence-corrected chi connectivity index (χ0v) is 13.8. The van der Waals surface area contributed by atoms with Crippen LogP contribution in [0.2, 0.25) is 0 Å². The van der Waals surface area contributed by atoms with E-state index in [1.165, 1.54) is 22.5 Å². The fourth-order valence-electron chi connectivity index (χ4n) is 2.39. The fraction of sp³-hybridized carbons (Fsp3) is 0.105. The van der Waals surface area contributed by atoms with Gasteiger partial charge in [0.1, 0.15) is 11.1 Å². The molecule has 2 heterocycles. The van der Waals surface area contributed by atoms with E-state index in [4.69, 9.17) is 0 Å². The van der Waals surface area contributed by atoms with Gasteiger partial charge < -0.3 is 0 Å². The van der Waals surface area contributed by atoms with E-state index in [1.54, 1.807) is 12.4 Å². The highest BCUT2D eigenvalue weighted by atomic mass is 32.1. The molecule has 0 saturated carbocycles. The van der Waals surface area contributed by atoms with Crippen molar-refractivity contribution in [2.75, 3.05) is 0 Å². The lowest BCUT2D eigenvalue weighted by Crippen LogP contribution is -1.86. The van der Waals surface area contributed by atoms with Crippen molar-refractivity contribution >= 4 is 23.0 Å². The van der Waals surface area contributed by atoms with Crippen LogP contribution in [0, 0.1) is 25.2 Å². The van der Waals surface area contributed by atoms with E-state index >= 15 is 0 Å². The Kier molecular flexibility index (Phi) is 4.31. The van der Waals surface area contributed by atoms with Crippen LogP contribution in [0.4, 0.5) is 0 Å². The highest BCUT2D eigenvalue weighted by Gasteiger charge is 2.10. The number of thiazole rings is 1. The van der Waals surface area contributed by atoms with Crippen molar-refractivity contribution in [2.24, 2.45) is 0 Å². The average Bonchev–Trinajstić information content (AvgIpc) is 3.03. The summed E-state index contributed by atoms with van der Waals surface area (Å²) in [5, 5.41) is 12.2. The molecule has 0 N–H and O–H groups in total. The SMILES string of the molecule is Cc1ccc(-c2csc(C(C#N)=Cc3cccnc3)n2)c(C)c1. The molecule has 0 fully saturated rings. The number of aromatic nitrogens is 2. The van der Waals surface area contributed by atoms with E-state index in [2.05, 4.69) is 48.1 Å². The minimum atomic E-state index is 0.555. The van der Waals surface area contributed by atoms with Crippen molar-refractivity contribution in [1.29, 1.82) is 5.26 Å². The molecule has 0 aliphatic rings. The summed E-state index contributed by atoms with van der Waals surface area (Å²) in [7, 11) is 0. The van der Waals surface area contributed by atoms with E-state index < -0.39 is 0 Å². The Morgan fingerprint density at radius 1 is 1.26 bits per heavy atom. The van der Waals surface area contributed by atoms with Crippen LogP contribution in [0.25, 0.3) is 22.9 Å². The summed E-state index contributed by atoms with van der Waals surface area (Å²) in [6.45, 7) is 4.16. The van der Waals surface area contributed by atoms with Gasteiger partial charge in [0.05, 0.1) is 11.3 Å². The molecule has 23 heavy (non-hydrogen) atoms. The van der Waals surface area contributed by atoms with Crippen molar-refractivity contribution < 1.29 is 0 Å². The molecule has 4 heteroatoms. The van der Waals surface area contributed by atoms with Gasteiger partial charge in [0.15, 0.2) is 0 Å². The van der Waals surface area contributed by atoms with Crippen LogP contribution in [0.5, 0.6) is 0 Å². The summed E-state index contributed by atoms with van der Waals surface area (Å²) in [6.07, 6.45) is 5.26. The van der Waals surface area contributed by atoms with Crippen LogP contribution in [0.1, 0.15) is 21.7 Å². The van der Waals surface area contributed by atoms with Gasteiger partial charge in [0.2, 0.25) is 0 Å². The monoisotopic (exact) mass is 317 g/mol. The lowest BCUT2D eigenvalue weighted by molar-refractivity contribution is 1.31. The molecule has 2 aromatic heterocycles. The summed E-state index contributed by atoms with van der Waals surface area (Å²) in [4.78, 5) is 8.71. The summed E-state index contributed by atoms with van der Waals surface area (Å²) < 4.78 is 0. The first-order valence-corrected chi connectivity index (χ1v) is 8.10. The Hall–Kier alpha value is -2.77. The lowest BCUT2D eigenvalue weighted by atomic mass is 10.0. The van der Waals surface area contributed by atoms with Gasteiger partial charge in [-0.1, -0.05) is 29.8 Å². The van der Waals surface area contributed by atoms with Crippen molar-refractivity contribution in [1.82, 2.24) is 9.97 Å². The third-order valence-corrected chi connectivity index (χ3v) is 4.38. The maximum Gasteiger partial charge on any atom is 0.134 e. The van der Waals surface area contributed by atoms with Gasteiger partial charge in [-0.25, -0.2) is 4.98 Å². The second-order valence-corrected chi connectivity index (χ2v) is 6.17. The summed E-state index contributed by atoms with van der Waals surface area (Å²) >= 11 is 1.49. The molecule has 0 saturated heterocycles. The average molecular weight is 317 g/mol. The predicted octanol–water partition coefficient (Wildman–Crippen LogP) is 4.89. The fourth-order valence-corrected chi connectivity index (χ4v) is 3.18. The number of hydrogen-bond donors (Lipinski definition) is 0. The van der Waals surface area contributed by atoms with Crippen LogP contribution >= 0.6 is 11.3 Å². The van der Waals surface area contributed by atoms with Crippen LogP contribution in [0.3, 0.4) is 0 Å². The topological polar surface area (TPSA) is 49.6 Å². The molecule has 3 aromatic rings. The highest BCUT2D eigenvalue weighted by molar-refractivity contribution is 7.11. The molecule has 0 unspecified atom stereocenters. The maximum absolute atomic E-state index is 9.44. The first-order chi connectivity index (χ1) is 11.2. The van der Waals surface area contributed by atoms with Gasteiger partial charge >= 0.3 is 0 Å². The van der Waals surface area contributed by atoms with Crippen LogP contribution in [-0.4, -0.2) is 9.97 Å². The molecule has 0 amide bonds. The van der Waals surface area contributed by atoms with E-state index in [-0.39, 0.29) is 0 Å². The molecule has 0 bridgehead atoms. The third-order valence-electron chi connectivity index (χ3n) is 3.51. The largest absolute Gasteiger partial charge is 0.264 e. The second kappa shape index (κ2) is 6.55. The molecule has 3 nitrogen and oxygen atoms in total. The Labute approximate surface area is 139 Å². The number of allylic oxidation sites excluding steroid dienone is 1. The molecule has 0 atom stereocenters. The maximum atomic E-state index is 9.44. The van der Waals surface area contributed by atoms with Gasteiger partial charge in [0, 0.05) is 23.3 Å². The van der Waals surface area contributed by atoms with E-state index in [9.17, 15) is 5.26 Å². The Bertz CT molecular complexity index is 902. The number of nitriles is 1. The highest BCUT2D eigenvalue weighted by Crippen LogP contribution is 2.29. The van der Waals surface area contributed by atoms with E-state index in [0.717, 1.165) is 21.8 Å². The van der Waals surface area contributed by atoms with Gasteiger partial charge in [-0.05, 0) is 37.1 Å². The quantitative estimate of drug-likeness (QED) is 0.646. The molecule has 0 spiro atoms. The lowest BCUT2D eigenvalue weighted by Gasteiger charge is -2.03. The van der Waals surface area contributed by atoms with E-state index in [1.807, 2.05) is 23.6 Å². The van der Waals surface area contributed by atoms with Crippen molar-refractivity contribution in [3.8, 4) is 17.3 Å². The molecule has 0 aliphatic carbocycles. The van der Waals surface area contributed by atoms with Crippen molar-refractivity contribution in [3.05, 3.63) is 69.8 Å². The Balaban J connectivity index is 1.98. The summed E-state index contributed by atoms with van der Waals surface area (Å²) in [5.41, 5.74) is 5.89. The number of aryl methyl sites for hydroxylation is 2. The molecular formula is C19H15N3S. The predicted molar refractivity (Wildman–Crippen MR) is 94.7 cm³/mol. The molecule has 1 aromatic carbocycles. The van der Waals surface area contributed by atoms with Gasteiger partial charge in [-0.15, -0.1) is 11.3 Å². The van der Waals surface area contributed by atoms with Gasteiger partial charge in [0.25, 0.3) is 0 Å². The van der Waals surface area contributed by atoms with Gasteiger partial charge in [-0.3, -0.25) is 4.98 Å². The molecule has 0 aliphatic heterocycles. The number of nitrogens with zero attached hydrogens (tertiary/aromatic N) is 3.